The van der Waals surface area contributed by atoms with Crippen molar-refractivity contribution in [3.63, 3.8) is 0 Å². The Labute approximate surface area is 161 Å². The van der Waals surface area contributed by atoms with Crippen LogP contribution in [0.5, 0.6) is 0 Å². The predicted molar refractivity (Wildman–Crippen MR) is 113 cm³/mol. The quantitative estimate of drug-likeness (QED) is 0.710. The van der Waals surface area contributed by atoms with Crippen LogP contribution < -0.4 is 4.90 Å². The molecule has 3 rings (SSSR count). The van der Waals surface area contributed by atoms with Gasteiger partial charge in [0.2, 0.25) is 5.78 Å². The molecule has 0 saturated carbocycles. The van der Waals surface area contributed by atoms with Gasteiger partial charge in [0.15, 0.2) is 0 Å². The largest absolute Gasteiger partial charge is 0.372 e. The van der Waals surface area contributed by atoms with Gasteiger partial charge in [-0.3, -0.25) is 4.79 Å². The van der Waals surface area contributed by atoms with E-state index < -0.39 is 0 Å². The summed E-state index contributed by atoms with van der Waals surface area (Å²) in [4.78, 5) is 23.8. The van der Waals surface area contributed by atoms with E-state index in [1.807, 2.05) is 32.0 Å². The number of hydrogen-bond acceptors (Lipinski definition) is 4. The van der Waals surface area contributed by atoms with Crippen molar-refractivity contribution in [2.75, 3.05) is 18.0 Å². The van der Waals surface area contributed by atoms with Crippen molar-refractivity contribution < 1.29 is 4.79 Å². The molecule has 0 saturated heterocycles. The fourth-order valence-corrected chi connectivity index (χ4v) is 3.30. The van der Waals surface area contributed by atoms with Gasteiger partial charge in [-0.15, -0.1) is 0 Å². The number of rotatable bonds is 6. The van der Waals surface area contributed by atoms with E-state index in [2.05, 4.69) is 35.9 Å². The van der Waals surface area contributed by atoms with E-state index in [4.69, 9.17) is 4.99 Å². The molecule has 1 aromatic carbocycles. The van der Waals surface area contributed by atoms with Crippen molar-refractivity contribution in [3.05, 3.63) is 65.0 Å². The summed E-state index contributed by atoms with van der Waals surface area (Å²) in [7, 11) is 0. The number of carbonyl (C=O) groups is 1. The van der Waals surface area contributed by atoms with Crippen molar-refractivity contribution in [1.29, 1.82) is 0 Å². The Morgan fingerprint density at radius 2 is 1.67 bits per heavy atom. The second kappa shape index (κ2) is 8.30. The molecule has 0 fully saturated rings. The van der Waals surface area contributed by atoms with Gasteiger partial charge in [0.05, 0.1) is 11.4 Å². The Morgan fingerprint density at radius 3 is 2.30 bits per heavy atom. The summed E-state index contributed by atoms with van der Waals surface area (Å²) in [5.74, 6) is -0.0582. The van der Waals surface area contributed by atoms with Crippen LogP contribution in [0.4, 0.5) is 11.4 Å². The Balaban J connectivity index is 1.92. The first kappa shape index (κ1) is 19.0. The molecule has 140 valence electrons. The SMILES string of the molecule is CCCN(CCC)c1ccc(N=C2C=CC(=O)c3nc(C)c(C)cc32)cc1. The first-order valence-electron chi connectivity index (χ1n) is 9.68. The molecular formula is C23H27N3O. The van der Waals surface area contributed by atoms with Crippen LogP contribution in [-0.2, 0) is 0 Å². The molecule has 0 radical (unpaired) electrons. The molecular weight excluding hydrogens is 334 g/mol. The van der Waals surface area contributed by atoms with Gasteiger partial charge in [0.1, 0.15) is 5.69 Å². The van der Waals surface area contributed by atoms with E-state index >= 15 is 0 Å². The van der Waals surface area contributed by atoms with Crippen LogP contribution in [-0.4, -0.2) is 29.6 Å². The van der Waals surface area contributed by atoms with E-state index in [9.17, 15) is 4.79 Å². The predicted octanol–water partition coefficient (Wildman–Crippen LogP) is 5.20. The lowest BCUT2D eigenvalue weighted by molar-refractivity contribution is 0.104. The van der Waals surface area contributed by atoms with Crippen LogP contribution >= 0.6 is 0 Å². The Hall–Kier alpha value is -2.75. The van der Waals surface area contributed by atoms with Crippen LogP contribution in [0.2, 0.25) is 0 Å². The van der Waals surface area contributed by atoms with Crippen LogP contribution in [0.3, 0.4) is 0 Å². The summed E-state index contributed by atoms with van der Waals surface area (Å²) in [6.07, 6.45) is 5.61. The minimum absolute atomic E-state index is 0.0582. The Morgan fingerprint density at radius 1 is 1.00 bits per heavy atom. The van der Waals surface area contributed by atoms with Gasteiger partial charge in [-0.25, -0.2) is 9.98 Å². The number of aromatic nitrogens is 1. The molecule has 0 aliphatic heterocycles. The summed E-state index contributed by atoms with van der Waals surface area (Å²) in [5, 5.41) is 0. The molecule has 0 N–H and O–H groups in total. The molecule has 2 aromatic rings. The van der Waals surface area contributed by atoms with Gasteiger partial charge < -0.3 is 4.90 Å². The van der Waals surface area contributed by atoms with Crippen molar-refractivity contribution in [2.45, 2.75) is 40.5 Å². The molecule has 0 bridgehead atoms. The highest BCUT2D eigenvalue weighted by atomic mass is 16.1. The van der Waals surface area contributed by atoms with Crippen LogP contribution in [0.15, 0.2) is 47.5 Å². The molecule has 4 heteroatoms. The minimum atomic E-state index is -0.0582. The third-order valence-electron chi connectivity index (χ3n) is 4.82. The van der Waals surface area contributed by atoms with Crippen molar-refractivity contribution >= 4 is 22.9 Å². The topological polar surface area (TPSA) is 45.6 Å². The van der Waals surface area contributed by atoms with Gasteiger partial charge in [0, 0.05) is 30.0 Å². The lowest BCUT2D eigenvalue weighted by atomic mass is 9.96. The monoisotopic (exact) mass is 361 g/mol. The van der Waals surface area contributed by atoms with Gasteiger partial charge in [0.25, 0.3) is 0 Å². The number of anilines is 1. The number of fused-ring (bicyclic) bond motifs is 1. The van der Waals surface area contributed by atoms with Crippen LogP contribution in [0, 0.1) is 13.8 Å². The van der Waals surface area contributed by atoms with E-state index in [-0.39, 0.29) is 5.78 Å². The summed E-state index contributed by atoms with van der Waals surface area (Å²) in [5.41, 5.74) is 6.14. The summed E-state index contributed by atoms with van der Waals surface area (Å²) >= 11 is 0. The molecule has 0 spiro atoms. The molecule has 0 amide bonds. The summed E-state index contributed by atoms with van der Waals surface area (Å²) in [6.45, 7) is 10.5. The zero-order valence-electron chi connectivity index (χ0n) is 16.6. The molecule has 0 atom stereocenters. The highest BCUT2D eigenvalue weighted by molar-refractivity contribution is 6.23. The smallest absolute Gasteiger partial charge is 0.204 e. The average molecular weight is 361 g/mol. The Bertz CT molecular complexity index is 889. The van der Waals surface area contributed by atoms with E-state index in [0.29, 0.717) is 5.69 Å². The second-order valence-corrected chi connectivity index (χ2v) is 6.98. The molecule has 1 aliphatic rings. The number of hydrogen-bond donors (Lipinski definition) is 0. The molecule has 1 heterocycles. The first-order valence-corrected chi connectivity index (χ1v) is 9.68. The highest BCUT2D eigenvalue weighted by Crippen LogP contribution is 2.24. The van der Waals surface area contributed by atoms with E-state index in [1.54, 1.807) is 12.2 Å². The van der Waals surface area contributed by atoms with Gasteiger partial charge in [-0.05, 0) is 74.7 Å². The zero-order valence-corrected chi connectivity index (χ0v) is 16.6. The second-order valence-electron chi connectivity index (χ2n) is 6.98. The van der Waals surface area contributed by atoms with Crippen molar-refractivity contribution in [3.8, 4) is 0 Å². The maximum absolute atomic E-state index is 12.2. The number of pyridine rings is 1. The summed E-state index contributed by atoms with van der Waals surface area (Å²) < 4.78 is 0. The Kier molecular flexibility index (Phi) is 5.84. The number of aryl methyl sites for hydroxylation is 2. The van der Waals surface area contributed by atoms with Crippen molar-refractivity contribution in [1.82, 2.24) is 4.98 Å². The fraction of sp³-hybridized carbons (Fsp3) is 0.348. The number of aliphatic imine (C=N–C) groups is 1. The van der Waals surface area contributed by atoms with Gasteiger partial charge >= 0.3 is 0 Å². The maximum Gasteiger partial charge on any atom is 0.204 e. The third kappa shape index (κ3) is 4.16. The van der Waals surface area contributed by atoms with E-state index in [0.717, 1.165) is 54.2 Å². The van der Waals surface area contributed by atoms with E-state index in [1.165, 1.54) is 5.69 Å². The van der Waals surface area contributed by atoms with Crippen LogP contribution in [0.1, 0.15) is 54.0 Å². The lowest BCUT2D eigenvalue weighted by Crippen LogP contribution is -2.24. The number of ketones is 1. The number of allylic oxidation sites excluding steroid dienone is 2. The highest BCUT2D eigenvalue weighted by Gasteiger charge is 2.20. The molecule has 0 unspecified atom stereocenters. The number of benzene rings is 1. The molecule has 4 nitrogen and oxygen atoms in total. The standard InChI is InChI=1S/C23H27N3O/c1-5-13-26(14-6-2)19-9-7-18(8-10-19)25-21-11-12-22(27)23-20(21)15-16(3)17(4)24-23/h7-12,15H,5-6,13-14H2,1-4H3. The van der Waals surface area contributed by atoms with Crippen LogP contribution in [0.25, 0.3) is 0 Å². The van der Waals surface area contributed by atoms with Gasteiger partial charge in [-0.1, -0.05) is 13.8 Å². The fourth-order valence-electron chi connectivity index (χ4n) is 3.30. The molecule has 1 aromatic heterocycles. The number of nitrogens with zero attached hydrogens (tertiary/aromatic N) is 3. The average Bonchev–Trinajstić information content (AvgIpc) is 2.66. The first-order chi connectivity index (χ1) is 13.0. The van der Waals surface area contributed by atoms with Gasteiger partial charge in [-0.2, -0.15) is 0 Å². The molecule has 1 aliphatic carbocycles. The maximum atomic E-state index is 12.2. The normalized spacial score (nSPS) is 14.5. The van der Waals surface area contributed by atoms with Crippen molar-refractivity contribution in [2.24, 2.45) is 4.99 Å². The third-order valence-corrected chi connectivity index (χ3v) is 4.82. The lowest BCUT2D eigenvalue weighted by Gasteiger charge is -2.23. The minimum Gasteiger partial charge on any atom is -0.372 e. The summed E-state index contributed by atoms with van der Waals surface area (Å²) in [6, 6.07) is 10.3. The zero-order chi connectivity index (χ0) is 19.4. The number of carbonyl (C=O) groups excluding carboxylic acids is 1. The molecule has 27 heavy (non-hydrogen) atoms.